The standard InChI is InChI=1S/C10H11ClN4S2/c11-8-6(5-14-15-10(12)13)1-2-7-9(8)17-4-3-16-7/h1-2,5H,3-4H2,(H4,12,13,15)/b14-5+. The van der Waals surface area contributed by atoms with Gasteiger partial charge in [-0.1, -0.05) is 17.7 Å². The summed E-state index contributed by atoms with van der Waals surface area (Å²) in [6.07, 6.45) is 1.56. The highest BCUT2D eigenvalue weighted by atomic mass is 35.5. The molecule has 1 heterocycles. The third-order valence-electron chi connectivity index (χ3n) is 2.05. The maximum Gasteiger partial charge on any atom is 0.211 e. The molecular formula is C10H11ClN4S2. The van der Waals surface area contributed by atoms with Crippen molar-refractivity contribution >= 4 is 47.3 Å². The summed E-state index contributed by atoms with van der Waals surface area (Å²) in [6.45, 7) is 0. The first-order valence-corrected chi connectivity index (χ1v) is 7.23. The van der Waals surface area contributed by atoms with Gasteiger partial charge in [0.1, 0.15) is 0 Å². The maximum absolute atomic E-state index is 6.31. The molecule has 0 saturated heterocycles. The fourth-order valence-electron chi connectivity index (χ4n) is 1.35. The van der Waals surface area contributed by atoms with Crippen molar-refractivity contribution in [2.45, 2.75) is 9.79 Å². The molecule has 0 atom stereocenters. The summed E-state index contributed by atoms with van der Waals surface area (Å²) >= 11 is 9.90. The molecule has 0 amide bonds. The molecule has 2 rings (SSSR count). The zero-order valence-corrected chi connectivity index (χ0v) is 11.3. The zero-order valence-electron chi connectivity index (χ0n) is 8.89. The Hall–Kier alpha value is -0.850. The van der Waals surface area contributed by atoms with E-state index in [0.717, 1.165) is 22.0 Å². The molecule has 0 spiro atoms. The molecule has 0 unspecified atom stereocenters. The third kappa shape index (κ3) is 3.08. The summed E-state index contributed by atoms with van der Waals surface area (Å²) in [5, 5.41) is 8.02. The number of hydrogen-bond donors (Lipinski definition) is 2. The van der Waals surface area contributed by atoms with Crippen molar-refractivity contribution < 1.29 is 0 Å². The molecule has 4 nitrogen and oxygen atoms in total. The number of guanidine groups is 1. The average molecular weight is 287 g/mol. The molecule has 1 aliphatic heterocycles. The number of rotatable bonds is 2. The SMILES string of the molecule is NC(N)=N/N=C/c1ccc2c(c1Cl)SCCS2. The lowest BCUT2D eigenvalue weighted by atomic mass is 10.2. The van der Waals surface area contributed by atoms with Gasteiger partial charge in [-0.05, 0) is 6.07 Å². The Balaban J connectivity index is 2.30. The summed E-state index contributed by atoms with van der Waals surface area (Å²) in [5.74, 6) is 2.13. The lowest BCUT2D eigenvalue weighted by Crippen LogP contribution is -2.21. The van der Waals surface area contributed by atoms with Gasteiger partial charge in [-0.3, -0.25) is 0 Å². The van der Waals surface area contributed by atoms with Crippen LogP contribution in [-0.2, 0) is 0 Å². The second kappa shape index (κ2) is 5.66. The Morgan fingerprint density at radius 2 is 2.06 bits per heavy atom. The van der Waals surface area contributed by atoms with Gasteiger partial charge in [0.15, 0.2) is 0 Å². The van der Waals surface area contributed by atoms with Crippen molar-refractivity contribution in [3.8, 4) is 0 Å². The fraction of sp³-hybridized carbons (Fsp3) is 0.200. The smallest absolute Gasteiger partial charge is 0.211 e. The van der Waals surface area contributed by atoms with Gasteiger partial charge in [0.25, 0.3) is 0 Å². The van der Waals surface area contributed by atoms with Crippen molar-refractivity contribution in [1.82, 2.24) is 0 Å². The van der Waals surface area contributed by atoms with Gasteiger partial charge in [-0.2, -0.15) is 5.10 Å². The quantitative estimate of drug-likeness (QED) is 0.496. The highest BCUT2D eigenvalue weighted by molar-refractivity contribution is 8.05. The minimum Gasteiger partial charge on any atom is -0.369 e. The highest BCUT2D eigenvalue weighted by Crippen LogP contribution is 2.42. The molecule has 0 bridgehead atoms. The molecule has 90 valence electrons. The second-order valence-electron chi connectivity index (χ2n) is 3.26. The van der Waals surface area contributed by atoms with E-state index in [1.807, 2.05) is 17.8 Å². The van der Waals surface area contributed by atoms with Gasteiger partial charge >= 0.3 is 0 Å². The van der Waals surface area contributed by atoms with Gasteiger partial charge in [0.05, 0.1) is 11.2 Å². The molecular weight excluding hydrogens is 276 g/mol. The van der Waals surface area contributed by atoms with Gasteiger partial charge in [-0.25, -0.2) is 0 Å². The first-order valence-electron chi connectivity index (χ1n) is 4.88. The van der Waals surface area contributed by atoms with Crippen molar-refractivity contribution in [3.63, 3.8) is 0 Å². The second-order valence-corrected chi connectivity index (χ2v) is 5.88. The van der Waals surface area contributed by atoms with Crippen LogP contribution in [0.1, 0.15) is 5.56 Å². The molecule has 1 aromatic rings. The predicted molar refractivity (Wildman–Crippen MR) is 76.3 cm³/mol. The van der Waals surface area contributed by atoms with E-state index in [1.165, 1.54) is 4.90 Å². The van der Waals surface area contributed by atoms with Crippen LogP contribution in [0.4, 0.5) is 0 Å². The first kappa shape index (κ1) is 12.6. The molecule has 0 aliphatic carbocycles. The van der Waals surface area contributed by atoms with Gasteiger partial charge in [0, 0.05) is 26.9 Å². The summed E-state index contributed by atoms with van der Waals surface area (Å²) in [6, 6.07) is 3.97. The Bertz CT molecular complexity index is 483. The molecule has 0 fully saturated rings. The van der Waals surface area contributed by atoms with E-state index in [9.17, 15) is 0 Å². The Morgan fingerprint density at radius 1 is 1.29 bits per heavy atom. The lowest BCUT2D eigenvalue weighted by molar-refractivity contribution is 1.20. The van der Waals surface area contributed by atoms with Crippen molar-refractivity contribution in [1.29, 1.82) is 0 Å². The van der Waals surface area contributed by atoms with E-state index in [2.05, 4.69) is 16.3 Å². The normalized spacial score (nSPS) is 14.6. The van der Waals surface area contributed by atoms with Crippen LogP contribution in [0, 0.1) is 0 Å². The number of nitrogens with two attached hydrogens (primary N) is 2. The minimum atomic E-state index is -0.0692. The number of nitrogens with zero attached hydrogens (tertiary/aromatic N) is 2. The number of thioether (sulfide) groups is 2. The molecule has 0 saturated carbocycles. The molecule has 1 aromatic carbocycles. The molecule has 0 radical (unpaired) electrons. The molecule has 17 heavy (non-hydrogen) atoms. The van der Waals surface area contributed by atoms with E-state index in [4.69, 9.17) is 23.1 Å². The van der Waals surface area contributed by atoms with Gasteiger partial charge < -0.3 is 11.5 Å². The molecule has 4 N–H and O–H groups in total. The van der Waals surface area contributed by atoms with Crippen LogP contribution in [0.25, 0.3) is 0 Å². The predicted octanol–water partition coefficient (Wildman–Crippen LogP) is 2.15. The highest BCUT2D eigenvalue weighted by Gasteiger charge is 2.15. The van der Waals surface area contributed by atoms with E-state index in [-0.39, 0.29) is 5.96 Å². The number of hydrogen-bond acceptors (Lipinski definition) is 4. The largest absolute Gasteiger partial charge is 0.369 e. The first-order chi connectivity index (χ1) is 8.18. The van der Waals surface area contributed by atoms with Crippen molar-refractivity contribution in [3.05, 3.63) is 22.7 Å². The van der Waals surface area contributed by atoms with Crippen LogP contribution in [0.5, 0.6) is 0 Å². The summed E-state index contributed by atoms with van der Waals surface area (Å²) in [4.78, 5) is 2.35. The molecule has 7 heteroatoms. The minimum absolute atomic E-state index is 0.0692. The summed E-state index contributed by atoms with van der Waals surface area (Å²) < 4.78 is 0. The number of fused-ring (bicyclic) bond motifs is 1. The molecule has 1 aliphatic rings. The van der Waals surface area contributed by atoms with Crippen LogP contribution in [0.3, 0.4) is 0 Å². The van der Waals surface area contributed by atoms with E-state index in [1.54, 1.807) is 18.0 Å². The number of halogens is 1. The Morgan fingerprint density at radius 3 is 2.82 bits per heavy atom. The van der Waals surface area contributed by atoms with Crippen molar-refractivity contribution in [2.75, 3.05) is 11.5 Å². The topological polar surface area (TPSA) is 76.8 Å². The van der Waals surface area contributed by atoms with Crippen LogP contribution < -0.4 is 11.5 Å². The Kier molecular flexibility index (Phi) is 4.20. The Labute approximate surface area is 113 Å². The van der Waals surface area contributed by atoms with E-state index >= 15 is 0 Å². The summed E-state index contributed by atoms with van der Waals surface area (Å²) in [5.41, 5.74) is 11.2. The van der Waals surface area contributed by atoms with Crippen LogP contribution in [0.2, 0.25) is 5.02 Å². The third-order valence-corrected chi connectivity index (χ3v) is 5.14. The number of benzene rings is 1. The summed E-state index contributed by atoms with van der Waals surface area (Å²) in [7, 11) is 0. The van der Waals surface area contributed by atoms with Crippen LogP contribution in [0.15, 0.2) is 32.1 Å². The van der Waals surface area contributed by atoms with Crippen molar-refractivity contribution in [2.24, 2.45) is 21.7 Å². The van der Waals surface area contributed by atoms with E-state index in [0.29, 0.717) is 5.02 Å². The van der Waals surface area contributed by atoms with Gasteiger partial charge in [-0.15, -0.1) is 28.6 Å². The van der Waals surface area contributed by atoms with Crippen LogP contribution in [-0.4, -0.2) is 23.7 Å². The fourth-order valence-corrected chi connectivity index (χ4v) is 4.08. The van der Waals surface area contributed by atoms with Gasteiger partial charge in [0.2, 0.25) is 5.96 Å². The zero-order chi connectivity index (χ0) is 12.3. The van der Waals surface area contributed by atoms with Crippen LogP contribution >= 0.6 is 35.1 Å². The molecule has 0 aromatic heterocycles. The average Bonchev–Trinajstić information content (AvgIpc) is 2.32. The van der Waals surface area contributed by atoms with E-state index < -0.39 is 0 Å². The maximum atomic E-state index is 6.31. The lowest BCUT2D eigenvalue weighted by Gasteiger charge is -2.16. The monoisotopic (exact) mass is 286 g/mol.